The number of carbonyl (C=O) groups excluding carboxylic acids is 1. The molecule has 0 spiro atoms. The number of carbonyl (C=O) groups is 1. The molecule has 0 radical (unpaired) electrons. The molecule has 2 amide bonds. The standard InChI is InChI=1S/C12H25N3O/c1-4-15(5-2)12(16)13(3)10-11-14-8-6-7-9-14/h4-11H2,1-3H3. The lowest BCUT2D eigenvalue weighted by Gasteiger charge is -2.27. The SMILES string of the molecule is CCN(CC)C(=O)N(C)CCN1CCCC1. The molecule has 0 atom stereocenters. The van der Waals surface area contributed by atoms with Crippen molar-refractivity contribution in [3.63, 3.8) is 0 Å². The van der Waals surface area contributed by atoms with Crippen LogP contribution in [0.2, 0.25) is 0 Å². The van der Waals surface area contributed by atoms with Crippen LogP contribution >= 0.6 is 0 Å². The van der Waals surface area contributed by atoms with Crippen molar-refractivity contribution in [3.05, 3.63) is 0 Å². The maximum absolute atomic E-state index is 11.9. The molecule has 0 unspecified atom stereocenters. The van der Waals surface area contributed by atoms with Crippen LogP contribution in [0.15, 0.2) is 0 Å². The summed E-state index contributed by atoms with van der Waals surface area (Å²) in [5.41, 5.74) is 0. The van der Waals surface area contributed by atoms with E-state index < -0.39 is 0 Å². The third kappa shape index (κ3) is 3.67. The molecular formula is C12H25N3O. The zero-order valence-electron chi connectivity index (χ0n) is 10.9. The molecule has 1 heterocycles. The summed E-state index contributed by atoms with van der Waals surface area (Å²) in [4.78, 5) is 18.1. The predicted molar refractivity (Wildman–Crippen MR) is 66.6 cm³/mol. The minimum atomic E-state index is 0.157. The molecular weight excluding hydrogens is 202 g/mol. The highest BCUT2D eigenvalue weighted by Crippen LogP contribution is 2.06. The number of amides is 2. The lowest BCUT2D eigenvalue weighted by Crippen LogP contribution is -2.43. The van der Waals surface area contributed by atoms with E-state index in [0.717, 1.165) is 26.2 Å². The van der Waals surface area contributed by atoms with Crippen LogP contribution in [0, 0.1) is 0 Å². The second-order valence-electron chi connectivity index (χ2n) is 4.43. The fourth-order valence-electron chi connectivity index (χ4n) is 2.13. The zero-order valence-corrected chi connectivity index (χ0v) is 10.9. The molecule has 0 aromatic heterocycles. The van der Waals surface area contributed by atoms with Crippen LogP contribution in [0.1, 0.15) is 26.7 Å². The molecule has 1 aliphatic rings. The van der Waals surface area contributed by atoms with Gasteiger partial charge in [0.2, 0.25) is 0 Å². The van der Waals surface area contributed by atoms with Crippen molar-refractivity contribution in [2.75, 3.05) is 46.3 Å². The van der Waals surface area contributed by atoms with Crippen LogP contribution in [-0.4, -0.2) is 67.0 Å². The normalized spacial score (nSPS) is 16.4. The Labute approximate surface area is 99.2 Å². The molecule has 0 bridgehead atoms. The van der Waals surface area contributed by atoms with Crippen molar-refractivity contribution in [2.24, 2.45) is 0 Å². The Bertz CT molecular complexity index is 210. The first-order valence-corrected chi connectivity index (χ1v) is 6.41. The summed E-state index contributed by atoms with van der Waals surface area (Å²) in [6.07, 6.45) is 2.63. The summed E-state index contributed by atoms with van der Waals surface area (Å²) in [6.45, 7) is 9.90. The molecule has 0 N–H and O–H groups in total. The Morgan fingerprint density at radius 3 is 2.25 bits per heavy atom. The summed E-state index contributed by atoms with van der Waals surface area (Å²) < 4.78 is 0. The van der Waals surface area contributed by atoms with E-state index >= 15 is 0 Å². The van der Waals surface area contributed by atoms with Crippen molar-refractivity contribution in [1.29, 1.82) is 0 Å². The van der Waals surface area contributed by atoms with E-state index in [-0.39, 0.29) is 6.03 Å². The molecule has 4 nitrogen and oxygen atoms in total. The third-order valence-corrected chi connectivity index (χ3v) is 3.31. The second kappa shape index (κ2) is 6.74. The van der Waals surface area contributed by atoms with Gasteiger partial charge in [-0.1, -0.05) is 0 Å². The highest BCUT2D eigenvalue weighted by Gasteiger charge is 2.17. The molecule has 0 aromatic carbocycles. The van der Waals surface area contributed by atoms with E-state index in [2.05, 4.69) is 4.90 Å². The molecule has 1 fully saturated rings. The van der Waals surface area contributed by atoms with Gasteiger partial charge in [-0.15, -0.1) is 0 Å². The monoisotopic (exact) mass is 227 g/mol. The van der Waals surface area contributed by atoms with Gasteiger partial charge in [0, 0.05) is 33.2 Å². The van der Waals surface area contributed by atoms with Crippen LogP contribution in [0.25, 0.3) is 0 Å². The number of urea groups is 1. The van der Waals surface area contributed by atoms with E-state index in [9.17, 15) is 4.79 Å². The van der Waals surface area contributed by atoms with Gasteiger partial charge in [0.05, 0.1) is 0 Å². The van der Waals surface area contributed by atoms with Crippen LogP contribution in [-0.2, 0) is 0 Å². The Hall–Kier alpha value is -0.770. The van der Waals surface area contributed by atoms with Gasteiger partial charge < -0.3 is 14.7 Å². The smallest absolute Gasteiger partial charge is 0.319 e. The summed E-state index contributed by atoms with van der Waals surface area (Å²) >= 11 is 0. The van der Waals surface area contributed by atoms with Gasteiger partial charge in [-0.25, -0.2) is 4.79 Å². The third-order valence-electron chi connectivity index (χ3n) is 3.31. The molecule has 1 aliphatic heterocycles. The minimum Gasteiger partial charge on any atom is -0.326 e. The molecule has 0 aromatic rings. The van der Waals surface area contributed by atoms with Crippen LogP contribution < -0.4 is 0 Å². The first kappa shape index (κ1) is 13.3. The van der Waals surface area contributed by atoms with Crippen molar-refractivity contribution >= 4 is 6.03 Å². The second-order valence-corrected chi connectivity index (χ2v) is 4.43. The van der Waals surface area contributed by atoms with E-state index in [0.29, 0.717) is 0 Å². The number of likely N-dealkylation sites (tertiary alicyclic amines) is 1. The van der Waals surface area contributed by atoms with Crippen LogP contribution in [0.5, 0.6) is 0 Å². The summed E-state index contributed by atoms with van der Waals surface area (Å²) in [5, 5.41) is 0. The van der Waals surface area contributed by atoms with Crippen LogP contribution in [0.3, 0.4) is 0 Å². The fraction of sp³-hybridized carbons (Fsp3) is 0.917. The zero-order chi connectivity index (χ0) is 12.0. The molecule has 94 valence electrons. The highest BCUT2D eigenvalue weighted by atomic mass is 16.2. The molecule has 1 rings (SSSR count). The Balaban J connectivity index is 2.27. The fourth-order valence-corrected chi connectivity index (χ4v) is 2.13. The van der Waals surface area contributed by atoms with Gasteiger partial charge in [-0.05, 0) is 39.8 Å². The van der Waals surface area contributed by atoms with Crippen LogP contribution in [0.4, 0.5) is 4.79 Å². The number of rotatable bonds is 5. The first-order chi connectivity index (χ1) is 7.69. The van der Waals surface area contributed by atoms with E-state index in [1.165, 1.54) is 25.9 Å². The Morgan fingerprint density at radius 2 is 1.75 bits per heavy atom. The molecule has 4 heteroatoms. The summed E-state index contributed by atoms with van der Waals surface area (Å²) in [6, 6.07) is 0.157. The largest absolute Gasteiger partial charge is 0.326 e. The quantitative estimate of drug-likeness (QED) is 0.711. The summed E-state index contributed by atoms with van der Waals surface area (Å²) in [7, 11) is 1.90. The van der Waals surface area contributed by atoms with Gasteiger partial charge in [0.15, 0.2) is 0 Å². The molecule has 0 saturated carbocycles. The van der Waals surface area contributed by atoms with Crippen molar-refractivity contribution < 1.29 is 4.79 Å². The number of nitrogens with zero attached hydrogens (tertiary/aromatic N) is 3. The van der Waals surface area contributed by atoms with Gasteiger partial charge in [-0.3, -0.25) is 0 Å². The highest BCUT2D eigenvalue weighted by molar-refractivity contribution is 5.74. The topological polar surface area (TPSA) is 26.8 Å². The van der Waals surface area contributed by atoms with Gasteiger partial charge >= 0.3 is 6.03 Å². The number of hydrogen-bond donors (Lipinski definition) is 0. The maximum atomic E-state index is 11.9. The molecule has 1 saturated heterocycles. The molecule has 0 aliphatic carbocycles. The van der Waals surface area contributed by atoms with Crippen molar-refractivity contribution in [3.8, 4) is 0 Å². The Morgan fingerprint density at radius 1 is 1.19 bits per heavy atom. The number of hydrogen-bond acceptors (Lipinski definition) is 2. The van der Waals surface area contributed by atoms with E-state index in [4.69, 9.17) is 0 Å². The van der Waals surface area contributed by atoms with Crippen molar-refractivity contribution in [2.45, 2.75) is 26.7 Å². The predicted octanol–water partition coefficient (Wildman–Crippen LogP) is 1.48. The average molecular weight is 227 g/mol. The summed E-state index contributed by atoms with van der Waals surface area (Å²) in [5.74, 6) is 0. The lowest BCUT2D eigenvalue weighted by atomic mass is 10.4. The maximum Gasteiger partial charge on any atom is 0.319 e. The van der Waals surface area contributed by atoms with Gasteiger partial charge in [0.25, 0.3) is 0 Å². The lowest BCUT2D eigenvalue weighted by molar-refractivity contribution is 0.162. The van der Waals surface area contributed by atoms with Gasteiger partial charge in [0.1, 0.15) is 0 Å². The first-order valence-electron chi connectivity index (χ1n) is 6.41. The van der Waals surface area contributed by atoms with Crippen molar-refractivity contribution in [1.82, 2.24) is 14.7 Å². The Kier molecular flexibility index (Phi) is 5.60. The number of likely N-dealkylation sites (N-methyl/N-ethyl adjacent to an activating group) is 1. The minimum absolute atomic E-state index is 0.157. The van der Waals surface area contributed by atoms with E-state index in [1.54, 1.807) is 0 Å². The van der Waals surface area contributed by atoms with Gasteiger partial charge in [-0.2, -0.15) is 0 Å². The molecule has 16 heavy (non-hydrogen) atoms. The average Bonchev–Trinajstić information content (AvgIpc) is 2.80. The van der Waals surface area contributed by atoms with E-state index in [1.807, 2.05) is 30.7 Å².